The minimum absolute atomic E-state index is 0.327. The van der Waals surface area contributed by atoms with E-state index in [1.54, 1.807) is 6.08 Å². The van der Waals surface area contributed by atoms with Crippen LogP contribution in [0.4, 0.5) is 18.0 Å². The number of alkyl halides is 3. The molecule has 2 amide bonds. The number of nitrogens with zero attached hydrogens (tertiary/aromatic N) is 1. The highest BCUT2D eigenvalue weighted by Gasteiger charge is 2.30. The molecule has 4 rings (SSSR count). The van der Waals surface area contributed by atoms with Crippen molar-refractivity contribution < 1.29 is 22.8 Å². The molecule has 1 aliphatic heterocycles. The Bertz CT molecular complexity index is 1110. The summed E-state index contributed by atoms with van der Waals surface area (Å²) in [4.78, 5) is 23.4. The van der Waals surface area contributed by atoms with Crippen LogP contribution >= 0.6 is 11.8 Å². The first kappa shape index (κ1) is 18.4. The summed E-state index contributed by atoms with van der Waals surface area (Å²) in [5.41, 5.74) is 1.73. The van der Waals surface area contributed by atoms with Crippen LogP contribution in [0.2, 0.25) is 0 Å². The number of imide groups is 1. The molecule has 142 valence electrons. The quantitative estimate of drug-likeness (QED) is 0.625. The summed E-state index contributed by atoms with van der Waals surface area (Å²) >= 11 is 0.853. The molecule has 28 heavy (non-hydrogen) atoms. The maximum atomic E-state index is 12.7. The number of carbonyl (C=O) groups excluding carboxylic acids is 2. The average molecular weight is 402 g/mol. The minimum Gasteiger partial charge on any atom is -0.343 e. The van der Waals surface area contributed by atoms with Gasteiger partial charge in [-0.3, -0.25) is 14.9 Å². The van der Waals surface area contributed by atoms with Crippen molar-refractivity contribution in [2.75, 3.05) is 0 Å². The molecule has 1 fully saturated rings. The molecule has 4 nitrogen and oxygen atoms in total. The summed E-state index contributed by atoms with van der Waals surface area (Å²) in [7, 11) is 0. The number of hydrogen-bond acceptors (Lipinski definition) is 3. The molecule has 2 heterocycles. The number of hydrogen-bond donors (Lipinski definition) is 1. The summed E-state index contributed by atoms with van der Waals surface area (Å²) < 4.78 is 40.0. The second kappa shape index (κ2) is 6.87. The fourth-order valence-electron chi connectivity index (χ4n) is 3.07. The molecule has 0 unspecified atom stereocenters. The molecule has 0 saturated carbocycles. The van der Waals surface area contributed by atoms with Gasteiger partial charge in [0.15, 0.2) is 0 Å². The molecule has 1 saturated heterocycles. The molecule has 1 N–H and O–H groups in total. The lowest BCUT2D eigenvalue weighted by molar-refractivity contribution is -0.137. The van der Waals surface area contributed by atoms with Gasteiger partial charge in [0.1, 0.15) is 0 Å². The number of fused-ring (bicyclic) bond motifs is 1. The third-order valence-corrected chi connectivity index (χ3v) is 5.22. The van der Waals surface area contributed by atoms with Gasteiger partial charge >= 0.3 is 6.18 Å². The van der Waals surface area contributed by atoms with Gasteiger partial charge in [0.25, 0.3) is 11.1 Å². The molecule has 0 spiro atoms. The van der Waals surface area contributed by atoms with E-state index < -0.39 is 22.9 Å². The normalized spacial score (nSPS) is 16.2. The first-order valence-corrected chi connectivity index (χ1v) is 9.12. The number of thioether (sulfide) groups is 1. The lowest BCUT2D eigenvalue weighted by atomic mass is 10.1. The minimum atomic E-state index is -4.35. The van der Waals surface area contributed by atoms with Crippen LogP contribution in [0.1, 0.15) is 16.7 Å². The van der Waals surface area contributed by atoms with Gasteiger partial charge in [0, 0.05) is 23.6 Å². The van der Waals surface area contributed by atoms with Crippen molar-refractivity contribution in [2.45, 2.75) is 12.7 Å². The Hall–Kier alpha value is -3.00. The molecular weight excluding hydrogens is 389 g/mol. The molecule has 3 aromatic rings. The van der Waals surface area contributed by atoms with Gasteiger partial charge in [-0.05, 0) is 53.2 Å². The number of benzene rings is 2. The van der Waals surface area contributed by atoms with Gasteiger partial charge in [-0.2, -0.15) is 13.2 Å². The topological polar surface area (TPSA) is 51.1 Å². The van der Waals surface area contributed by atoms with Crippen LogP contribution in [-0.2, 0) is 17.5 Å². The van der Waals surface area contributed by atoms with Gasteiger partial charge in [-0.1, -0.05) is 24.3 Å². The van der Waals surface area contributed by atoms with Crippen LogP contribution in [0.15, 0.2) is 59.6 Å². The van der Waals surface area contributed by atoms with Crippen LogP contribution in [0.25, 0.3) is 17.0 Å². The maximum Gasteiger partial charge on any atom is 0.416 e. The summed E-state index contributed by atoms with van der Waals surface area (Å²) in [6.07, 6.45) is -0.847. The highest BCUT2D eigenvalue weighted by molar-refractivity contribution is 8.18. The zero-order chi connectivity index (χ0) is 19.9. The highest BCUT2D eigenvalue weighted by atomic mass is 32.2. The first-order chi connectivity index (χ1) is 13.3. The Labute approximate surface area is 162 Å². The van der Waals surface area contributed by atoms with Crippen LogP contribution < -0.4 is 5.32 Å². The Kier molecular flexibility index (Phi) is 4.50. The van der Waals surface area contributed by atoms with Gasteiger partial charge in [0.05, 0.1) is 10.5 Å². The van der Waals surface area contributed by atoms with Crippen molar-refractivity contribution in [2.24, 2.45) is 0 Å². The number of rotatable bonds is 3. The van der Waals surface area contributed by atoms with E-state index in [1.807, 2.05) is 35.0 Å². The molecule has 0 bridgehead atoms. The molecule has 2 aromatic carbocycles. The lowest BCUT2D eigenvalue weighted by Crippen LogP contribution is -2.17. The summed E-state index contributed by atoms with van der Waals surface area (Å²) in [6, 6.07) is 12.5. The fraction of sp³-hybridized carbons (Fsp3) is 0.100. The van der Waals surface area contributed by atoms with Crippen molar-refractivity contribution in [3.8, 4) is 0 Å². The number of halogens is 3. The van der Waals surface area contributed by atoms with Crippen LogP contribution in [0.5, 0.6) is 0 Å². The Balaban J connectivity index is 1.64. The van der Waals surface area contributed by atoms with Crippen molar-refractivity contribution in [3.63, 3.8) is 0 Å². The van der Waals surface area contributed by atoms with Crippen LogP contribution in [-0.4, -0.2) is 15.7 Å². The molecule has 0 atom stereocenters. The Morgan fingerprint density at radius 2 is 1.79 bits per heavy atom. The lowest BCUT2D eigenvalue weighted by Gasteiger charge is -2.09. The standard InChI is InChI=1S/C20H13F3N2O2S/c21-20(22,23)14-6-4-12(5-7-14)11-25-9-8-15-13(2-1-3-16(15)25)10-17-18(26)24-19(27)28-17/h1-10H,11H2,(H,24,26,27). The average Bonchev–Trinajstić information content (AvgIpc) is 3.18. The van der Waals surface area contributed by atoms with E-state index in [0.717, 1.165) is 45.9 Å². The molecule has 0 aliphatic carbocycles. The Morgan fingerprint density at radius 1 is 1.04 bits per heavy atom. The monoisotopic (exact) mass is 402 g/mol. The zero-order valence-electron chi connectivity index (χ0n) is 14.3. The van der Waals surface area contributed by atoms with E-state index in [9.17, 15) is 22.8 Å². The van der Waals surface area contributed by atoms with E-state index in [-0.39, 0.29) is 0 Å². The van der Waals surface area contributed by atoms with Crippen molar-refractivity contribution in [1.29, 1.82) is 0 Å². The Morgan fingerprint density at radius 3 is 2.43 bits per heavy atom. The SMILES string of the molecule is O=C1NC(=O)C(=Cc2cccc3c2ccn3Cc2ccc(C(F)(F)F)cc2)S1. The molecule has 1 aromatic heterocycles. The van der Waals surface area contributed by atoms with Gasteiger partial charge in [-0.25, -0.2) is 0 Å². The summed E-state index contributed by atoms with van der Waals surface area (Å²) in [5, 5.41) is 2.70. The molecule has 1 aliphatic rings. The van der Waals surface area contributed by atoms with Gasteiger partial charge in [0.2, 0.25) is 0 Å². The number of carbonyl (C=O) groups is 2. The number of aromatic nitrogens is 1. The van der Waals surface area contributed by atoms with Crippen LogP contribution in [0.3, 0.4) is 0 Å². The summed E-state index contributed by atoms with van der Waals surface area (Å²) in [5.74, 6) is -0.420. The van der Waals surface area contributed by atoms with Crippen LogP contribution in [0, 0.1) is 0 Å². The third kappa shape index (κ3) is 3.55. The largest absolute Gasteiger partial charge is 0.416 e. The van der Waals surface area contributed by atoms with Gasteiger partial charge < -0.3 is 4.57 Å². The molecular formula is C20H13F3N2O2S. The summed E-state index contributed by atoms with van der Waals surface area (Å²) in [6.45, 7) is 0.412. The predicted octanol–water partition coefficient (Wildman–Crippen LogP) is 5.03. The second-order valence-electron chi connectivity index (χ2n) is 6.27. The smallest absolute Gasteiger partial charge is 0.343 e. The highest BCUT2D eigenvalue weighted by Crippen LogP contribution is 2.31. The van der Waals surface area contributed by atoms with E-state index in [1.165, 1.54) is 12.1 Å². The zero-order valence-corrected chi connectivity index (χ0v) is 15.1. The predicted molar refractivity (Wildman–Crippen MR) is 102 cm³/mol. The molecule has 0 radical (unpaired) electrons. The van der Waals surface area contributed by atoms with E-state index in [4.69, 9.17) is 0 Å². The first-order valence-electron chi connectivity index (χ1n) is 8.30. The van der Waals surface area contributed by atoms with Crippen molar-refractivity contribution in [1.82, 2.24) is 9.88 Å². The van der Waals surface area contributed by atoms with E-state index >= 15 is 0 Å². The van der Waals surface area contributed by atoms with Crippen molar-refractivity contribution in [3.05, 3.63) is 76.3 Å². The van der Waals surface area contributed by atoms with E-state index in [2.05, 4.69) is 5.32 Å². The fourth-order valence-corrected chi connectivity index (χ4v) is 3.74. The van der Waals surface area contributed by atoms with Gasteiger partial charge in [-0.15, -0.1) is 0 Å². The number of amides is 2. The molecule has 8 heteroatoms. The van der Waals surface area contributed by atoms with E-state index in [0.29, 0.717) is 11.4 Å². The van der Waals surface area contributed by atoms with Crippen molar-refractivity contribution >= 4 is 39.9 Å². The maximum absolute atomic E-state index is 12.7. The second-order valence-corrected chi connectivity index (χ2v) is 7.29. The number of nitrogens with one attached hydrogen (secondary N) is 1. The third-order valence-electron chi connectivity index (χ3n) is 4.41.